The summed E-state index contributed by atoms with van der Waals surface area (Å²) in [6.07, 6.45) is 2.06. The maximum Gasteiger partial charge on any atom is 0.416 e. The molecule has 10 nitrogen and oxygen atoms in total. The zero-order chi connectivity index (χ0) is 30.8. The summed E-state index contributed by atoms with van der Waals surface area (Å²) in [6, 6.07) is 10.9. The van der Waals surface area contributed by atoms with E-state index in [1.54, 1.807) is 41.4 Å². The Labute approximate surface area is 251 Å². The van der Waals surface area contributed by atoms with Crippen molar-refractivity contribution in [3.63, 3.8) is 0 Å². The van der Waals surface area contributed by atoms with Crippen LogP contribution in [0.4, 0.5) is 30.5 Å². The van der Waals surface area contributed by atoms with Crippen molar-refractivity contribution in [1.82, 2.24) is 34.3 Å². The normalized spacial score (nSPS) is 14.7. The molecule has 0 unspecified atom stereocenters. The summed E-state index contributed by atoms with van der Waals surface area (Å²) in [6.45, 7) is 8.18. The van der Waals surface area contributed by atoms with Gasteiger partial charge in [0.05, 0.1) is 10.9 Å². The van der Waals surface area contributed by atoms with Gasteiger partial charge >= 0.3 is 6.18 Å². The van der Waals surface area contributed by atoms with Gasteiger partial charge in [0.2, 0.25) is 5.95 Å². The zero-order valence-corrected chi connectivity index (χ0v) is 24.3. The Kier molecular flexibility index (Phi) is 8.06. The first-order valence-electron chi connectivity index (χ1n) is 14.4. The van der Waals surface area contributed by atoms with E-state index in [-0.39, 0.29) is 23.4 Å². The van der Waals surface area contributed by atoms with E-state index in [1.165, 1.54) is 18.5 Å². The Morgan fingerprint density at radius 1 is 1.00 bits per heavy atom. The highest BCUT2D eigenvalue weighted by atomic mass is 19.4. The lowest BCUT2D eigenvalue weighted by atomic mass is 10.0. The van der Waals surface area contributed by atoms with E-state index in [1.807, 2.05) is 17.9 Å². The number of hydrogen-bond donors (Lipinski definition) is 3. The van der Waals surface area contributed by atoms with E-state index in [0.717, 1.165) is 36.7 Å². The maximum absolute atomic E-state index is 14.1. The van der Waals surface area contributed by atoms with Crippen molar-refractivity contribution in [2.24, 2.45) is 0 Å². The lowest BCUT2D eigenvalue weighted by Gasteiger charge is -2.34. The summed E-state index contributed by atoms with van der Waals surface area (Å²) in [5.41, 5.74) is 1.93. The quantitative estimate of drug-likeness (QED) is 0.212. The van der Waals surface area contributed by atoms with Crippen molar-refractivity contribution in [3.05, 3.63) is 89.6 Å². The first kappa shape index (κ1) is 29.3. The fourth-order valence-corrected chi connectivity index (χ4v) is 5.40. The zero-order valence-electron chi connectivity index (χ0n) is 24.3. The number of nitrogens with one attached hydrogen (secondary N) is 3. The molecule has 6 rings (SSSR count). The number of rotatable bonds is 8. The molecular formula is C31H32F3N9O. The Morgan fingerprint density at radius 3 is 2.57 bits per heavy atom. The van der Waals surface area contributed by atoms with Crippen molar-refractivity contribution in [2.75, 3.05) is 43.4 Å². The number of aryl methyl sites for hydroxylation is 1. The standard InChI is InChI=1S/C31H32F3N9O/c1-3-41-12-14-42(15-13-41)18-22-6-7-23(17-25(22)31(32,33)34)39-29(44)21-5-4-20(2)26(16-21)40-30-36-10-11-43(30)28-24-8-9-35-27(24)37-19-38-28/h4-11,16-17,19H,3,12-15,18H2,1-2H3,(H,36,40)(H,39,44)(H,35,37,38). The summed E-state index contributed by atoms with van der Waals surface area (Å²) in [5.74, 6) is 0.557. The number of likely N-dealkylation sites (N-methyl/N-ethyl adjacent to an activating group) is 1. The predicted octanol–water partition coefficient (Wildman–Crippen LogP) is 5.60. The number of H-pyrrole nitrogens is 1. The molecule has 0 spiro atoms. The molecule has 1 fully saturated rings. The largest absolute Gasteiger partial charge is 0.416 e. The van der Waals surface area contributed by atoms with Gasteiger partial charge in [-0.2, -0.15) is 13.2 Å². The molecule has 44 heavy (non-hydrogen) atoms. The first-order valence-corrected chi connectivity index (χ1v) is 14.4. The molecule has 5 aromatic rings. The number of carbonyl (C=O) groups is 1. The third-order valence-corrected chi connectivity index (χ3v) is 7.93. The molecule has 2 aromatic carbocycles. The highest BCUT2D eigenvalue weighted by Crippen LogP contribution is 2.35. The minimum absolute atomic E-state index is 0.0757. The van der Waals surface area contributed by atoms with E-state index in [0.29, 0.717) is 36.2 Å². The van der Waals surface area contributed by atoms with Crippen molar-refractivity contribution < 1.29 is 18.0 Å². The van der Waals surface area contributed by atoms with Crippen LogP contribution in [0.3, 0.4) is 0 Å². The van der Waals surface area contributed by atoms with Crippen molar-refractivity contribution in [1.29, 1.82) is 0 Å². The van der Waals surface area contributed by atoms with Gasteiger partial charge < -0.3 is 20.5 Å². The van der Waals surface area contributed by atoms with Crippen LogP contribution in [0.1, 0.15) is 34.0 Å². The fraction of sp³-hybridized carbons (Fsp3) is 0.290. The number of aromatic amines is 1. The van der Waals surface area contributed by atoms with E-state index in [2.05, 4.69) is 42.4 Å². The number of amides is 1. The van der Waals surface area contributed by atoms with Crippen LogP contribution >= 0.6 is 0 Å². The minimum Gasteiger partial charge on any atom is -0.346 e. The Morgan fingerprint density at radius 2 is 1.80 bits per heavy atom. The average molecular weight is 604 g/mol. The van der Waals surface area contributed by atoms with Crippen molar-refractivity contribution in [3.8, 4) is 5.82 Å². The topological polar surface area (TPSA) is 107 Å². The van der Waals surface area contributed by atoms with Crippen molar-refractivity contribution >= 4 is 34.3 Å². The third-order valence-electron chi connectivity index (χ3n) is 7.93. The van der Waals surface area contributed by atoms with Gasteiger partial charge in [-0.15, -0.1) is 0 Å². The van der Waals surface area contributed by atoms with E-state index in [4.69, 9.17) is 0 Å². The number of piperazine rings is 1. The van der Waals surface area contributed by atoms with Gasteiger partial charge in [0.25, 0.3) is 5.91 Å². The smallest absolute Gasteiger partial charge is 0.346 e. The summed E-state index contributed by atoms with van der Waals surface area (Å²) >= 11 is 0. The second kappa shape index (κ2) is 12.1. The molecule has 0 bridgehead atoms. The number of alkyl halides is 3. The van der Waals surface area contributed by atoms with Gasteiger partial charge in [0.1, 0.15) is 12.0 Å². The van der Waals surface area contributed by atoms with Crippen LogP contribution in [0.2, 0.25) is 0 Å². The molecule has 3 aromatic heterocycles. The van der Waals surface area contributed by atoms with Crippen LogP contribution in [0.15, 0.2) is 67.4 Å². The molecular weight excluding hydrogens is 571 g/mol. The monoisotopic (exact) mass is 603 g/mol. The Balaban J connectivity index is 1.20. The van der Waals surface area contributed by atoms with Gasteiger partial charge in [-0.3, -0.25) is 14.3 Å². The van der Waals surface area contributed by atoms with Crippen LogP contribution < -0.4 is 10.6 Å². The second-order valence-electron chi connectivity index (χ2n) is 10.7. The summed E-state index contributed by atoms with van der Waals surface area (Å²) in [7, 11) is 0. The van der Waals surface area contributed by atoms with Gasteiger partial charge in [-0.25, -0.2) is 15.0 Å². The molecule has 4 heterocycles. The molecule has 1 aliphatic rings. The first-order chi connectivity index (χ1) is 21.2. The molecule has 1 aliphatic heterocycles. The molecule has 0 saturated carbocycles. The number of nitrogens with zero attached hydrogens (tertiary/aromatic N) is 6. The summed E-state index contributed by atoms with van der Waals surface area (Å²) in [4.78, 5) is 33.7. The lowest BCUT2D eigenvalue weighted by molar-refractivity contribution is -0.138. The molecule has 0 atom stereocenters. The number of halogens is 3. The van der Waals surface area contributed by atoms with E-state index >= 15 is 0 Å². The van der Waals surface area contributed by atoms with Crippen LogP contribution in [0.25, 0.3) is 16.9 Å². The maximum atomic E-state index is 14.1. The van der Waals surface area contributed by atoms with Crippen LogP contribution in [-0.4, -0.2) is 72.9 Å². The van der Waals surface area contributed by atoms with E-state index < -0.39 is 17.6 Å². The Bertz CT molecular complexity index is 1790. The molecule has 1 amide bonds. The van der Waals surface area contributed by atoms with Crippen LogP contribution in [-0.2, 0) is 12.7 Å². The van der Waals surface area contributed by atoms with Gasteiger partial charge in [0, 0.05) is 68.3 Å². The fourth-order valence-electron chi connectivity index (χ4n) is 5.40. The SMILES string of the molecule is CCN1CCN(Cc2ccc(NC(=O)c3ccc(C)c(Nc4nccn4-c4ncnc5[nH]ccc45)c3)cc2C(F)(F)F)CC1. The number of benzene rings is 2. The van der Waals surface area contributed by atoms with E-state index in [9.17, 15) is 18.0 Å². The molecule has 13 heteroatoms. The second-order valence-corrected chi connectivity index (χ2v) is 10.7. The number of carbonyl (C=O) groups excluding carboxylic acids is 1. The summed E-state index contributed by atoms with van der Waals surface area (Å²) in [5, 5.41) is 6.72. The minimum atomic E-state index is -4.56. The number of anilines is 3. The average Bonchev–Trinajstić information content (AvgIpc) is 3.68. The number of fused-ring (bicyclic) bond motifs is 1. The molecule has 0 radical (unpaired) electrons. The van der Waals surface area contributed by atoms with Gasteiger partial charge in [-0.05, 0) is 54.9 Å². The van der Waals surface area contributed by atoms with Crippen LogP contribution in [0, 0.1) is 6.92 Å². The van der Waals surface area contributed by atoms with Crippen LogP contribution in [0.5, 0.6) is 0 Å². The van der Waals surface area contributed by atoms with Crippen molar-refractivity contribution in [2.45, 2.75) is 26.6 Å². The molecule has 0 aliphatic carbocycles. The third kappa shape index (κ3) is 6.15. The number of hydrogen-bond acceptors (Lipinski definition) is 7. The molecule has 1 saturated heterocycles. The van der Waals surface area contributed by atoms with Gasteiger partial charge in [-0.1, -0.05) is 19.1 Å². The predicted molar refractivity (Wildman–Crippen MR) is 162 cm³/mol. The molecule has 228 valence electrons. The highest BCUT2D eigenvalue weighted by Gasteiger charge is 2.34. The molecule has 3 N–H and O–H groups in total. The number of aromatic nitrogens is 5. The summed E-state index contributed by atoms with van der Waals surface area (Å²) < 4.78 is 44.1. The van der Waals surface area contributed by atoms with Gasteiger partial charge in [0.15, 0.2) is 5.82 Å². The lowest BCUT2D eigenvalue weighted by Crippen LogP contribution is -2.45. The number of imidazole rings is 1. The highest BCUT2D eigenvalue weighted by molar-refractivity contribution is 6.05. The Hall–Kier alpha value is -4.75.